The van der Waals surface area contributed by atoms with Crippen LogP contribution in [-0.4, -0.2) is 66.0 Å². The highest BCUT2D eigenvalue weighted by Gasteiger charge is 2.24. The number of nitrogens with one attached hydrogen (secondary N) is 1. The fourth-order valence-corrected chi connectivity index (χ4v) is 4.12. The van der Waals surface area contributed by atoms with Gasteiger partial charge in [0, 0.05) is 43.7 Å². The summed E-state index contributed by atoms with van der Waals surface area (Å²) in [5.41, 5.74) is 1.56. The van der Waals surface area contributed by atoms with Crippen molar-refractivity contribution in [3.8, 4) is 0 Å². The molecule has 3 rings (SSSR count). The van der Waals surface area contributed by atoms with Crippen molar-refractivity contribution in [3.05, 3.63) is 47.3 Å². The molecular formula is C21H28N4O3S. The van der Waals surface area contributed by atoms with Gasteiger partial charge in [-0.2, -0.15) is 0 Å². The lowest BCUT2D eigenvalue weighted by molar-refractivity contribution is -0.122. The van der Waals surface area contributed by atoms with Crippen molar-refractivity contribution in [2.45, 2.75) is 30.9 Å². The van der Waals surface area contributed by atoms with Gasteiger partial charge in [0.2, 0.25) is 5.91 Å². The van der Waals surface area contributed by atoms with E-state index in [9.17, 15) is 9.59 Å². The lowest BCUT2D eigenvalue weighted by Gasteiger charge is -2.34. The predicted octanol–water partition coefficient (Wildman–Crippen LogP) is 2.56. The minimum absolute atomic E-state index is 0.0388. The number of nitrogens with zero attached hydrogens (tertiary/aromatic N) is 3. The maximum absolute atomic E-state index is 13.1. The van der Waals surface area contributed by atoms with Gasteiger partial charge in [-0.15, -0.1) is 11.8 Å². The van der Waals surface area contributed by atoms with E-state index in [0.29, 0.717) is 50.6 Å². The number of amides is 2. The van der Waals surface area contributed by atoms with Crippen LogP contribution in [0.3, 0.4) is 0 Å². The molecule has 0 spiro atoms. The number of benzene rings is 1. The third-order valence-electron chi connectivity index (χ3n) is 4.76. The number of aromatic nitrogens is 1. The minimum atomic E-state index is 0.0388. The van der Waals surface area contributed by atoms with E-state index in [1.807, 2.05) is 49.1 Å². The summed E-state index contributed by atoms with van der Waals surface area (Å²) in [4.78, 5) is 29.9. The van der Waals surface area contributed by atoms with Crippen molar-refractivity contribution in [3.63, 3.8) is 0 Å². The number of thioether (sulfide) groups is 1. The highest BCUT2D eigenvalue weighted by molar-refractivity contribution is 7.98. The fourth-order valence-electron chi connectivity index (χ4n) is 3.21. The summed E-state index contributed by atoms with van der Waals surface area (Å²) in [5, 5.41) is 6.81. The molecule has 2 aromatic rings. The highest BCUT2D eigenvalue weighted by Crippen LogP contribution is 2.27. The Bertz CT molecular complexity index is 831. The number of rotatable bonds is 8. The predicted molar refractivity (Wildman–Crippen MR) is 113 cm³/mol. The first-order valence-electron chi connectivity index (χ1n) is 9.99. The number of piperazine rings is 1. The summed E-state index contributed by atoms with van der Waals surface area (Å²) in [6.07, 6.45) is 0.932. The average Bonchev–Trinajstić information content (AvgIpc) is 3.16. The highest BCUT2D eigenvalue weighted by atomic mass is 32.2. The summed E-state index contributed by atoms with van der Waals surface area (Å²) >= 11 is 1.58. The van der Waals surface area contributed by atoms with Crippen molar-refractivity contribution in [2.75, 3.05) is 39.3 Å². The lowest BCUT2D eigenvalue weighted by Crippen LogP contribution is -2.51. The molecule has 0 unspecified atom stereocenters. The van der Waals surface area contributed by atoms with Crippen LogP contribution in [0.5, 0.6) is 0 Å². The topological polar surface area (TPSA) is 78.7 Å². The molecule has 1 aliphatic heterocycles. The number of aryl methyl sites for hydroxylation is 1. The Morgan fingerprint density at radius 3 is 2.66 bits per heavy atom. The maximum atomic E-state index is 13.1. The summed E-state index contributed by atoms with van der Waals surface area (Å²) in [5.74, 6) is 1.52. The lowest BCUT2D eigenvalue weighted by atomic mass is 10.2. The second kappa shape index (κ2) is 10.5. The van der Waals surface area contributed by atoms with E-state index in [1.165, 1.54) is 0 Å². The minimum Gasteiger partial charge on any atom is -0.360 e. The van der Waals surface area contributed by atoms with Crippen molar-refractivity contribution in [2.24, 2.45) is 0 Å². The van der Waals surface area contributed by atoms with Gasteiger partial charge in [-0.05, 0) is 25.5 Å². The summed E-state index contributed by atoms with van der Waals surface area (Å²) in [6.45, 7) is 7.69. The third-order valence-corrected chi connectivity index (χ3v) is 5.86. The molecule has 29 heavy (non-hydrogen) atoms. The molecule has 1 aromatic carbocycles. The van der Waals surface area contributed by atoms with Gasteiger partial charge in [-0.1, -0.05) is 24.2 Å². The molecule has 1 N–H and O–H groups in total. The molecule has 0 aliphatic carbocycles. The van der Waals surface area contributed by atoms with Crippen LogP contribution < -0.4 is 5.32 Å². The van der Waals surface area contributed by atoms with Crippen molar-refractivity contribution in [1.82, 2.24) is 20.3 Å². The van der Waals surface area contributed by atoms with Gasteiger partial charge in [-0.25, -0.2) is 0 Å². The molecule has 7 nitrogen and oxygen atoms in total. The molecule has 0 atom stereocenters. The largest absolute Gasteiger partial charge is 0.360 e. The monoisotopic (exact) mass is 416 g/mol. The number of hydrogen-bond donors (Lipinski definition) is 1. The smallest absolute Gasteiger partial charge is 0.255 e. The SMILES string of the molecule is CCCNC(=O)CN1CCN(C(=O)c2ccccc2SCc2cc(C)no2)CC1. The van der Waals surface area contributed by atoms with E-state index < -0.39 is 0 Å². The molecule has 2 amide bonds. The van der Waals surface area contributed by atoms with Crippen LogP contribution in [0.2, 0.25) is 0 Å². The third kappa shape index (κ3) is 6.08. The second-order valence-corrected chi connectivity index (χ2v) is 8.15. The van der Waals surface area contributed by atoms with Gasteiger partial charge in [0.1, 0.15) is 5.76 Å². The molecule has 1 saturated heterocycles. The molecule has 1 aliphatic rings. The van der Waals surface area contributed by atoms with E-state index in [1.54, 1.807) is 11.8 Å². The zero-order valence-corrected chi connectivity index (χ0v) is 17.8. The Balaban J connectivity index is 1.55. The number of hydrogen-bond acceptors (Lipinski definition) is 6. The van der Waals surface area contributed by atoms with E-state index in [0.717, 1.165) is 22.8 Å². The van der Waals surface area contributed by atoms with Crippen molar-refractivity contribution in [1.29, 1.82) is 0 Å². The van der Waals surface area contributed by atoms with Gasteiger partial charge in [0.05, 0.1) is 23.6 Å². The summed E-state index contributed by atoms with van der Waals surface area (Å²) in [6, 6.07) is 9.59. The summed E-state index contributed by atoms with van der Waals surface area (Å²) < 4.78 is 5.27. The van der Waals surface area contributed by atoms with E-state index in [-0.39, 0.29) is 11.8 Å². The number of carbonyl (C=O) groups is 2. The normalized spacial score (nSPS) is 14.8. The van der Waals surface area contributed by atoms with Gasteiger partial charge in [-0.3, -0.25) is 14.5 Å². The zero-order valence-electron chi connectivity index (χ0n) is 17.0. The van der Waals surface area contributed by atoms with E-state index in [4.69, 9.17) is 4.52 Å². The molecule has 0 saturated carbocycles. The van der Waals surface area contributed by atoms with Gasteiger partial charge in [0.25, 0.3) is 5.91 Å². The van der Waals surface area contributed by atoms with Crippen LogP contribution in [0.4, 0.5) is 0 Å². The van der Waals surface area contributed by atoms with E-state index >= 15 is 0 Å². The second-order valence-electron chi connectivity index (χ2n) is 7.14. The maximum Gasteiger partial charge on any atom is 0.255 e. The molecular weight excluding hydrogens is 388 g/mol. The molecule has 1 aromatic heterocycles. The van der Waals surface area contributed by atoms with Gasteiger partial charge < -0.3 is 14.7 Å². The molecule has 1 fully saturated rings. The molecule has 0 bridgehead atoms. The Morgan fingerprint density at radius 2 is 1.97 bits per heavy atom. The zero-order chi connectivity index (χ0) is 20.6. The first-order valence-corrected chi connectivity index (χ1v) is 11.0. The fraction of sp³-hybridized carbons (Fsp3) is 0.476. The standard InChI is InChI=1S/C21H28N4O3S/c1-3-8-22-20(26)14-24-9-11-25(12-10-24)21(27)18-6-4-5-7-19(18)29-15-17-13-16(2)23-28-17/h4-7,13H,3,8-12,14-15H2,1-2H3,(H,22,26). The van der Waals surface area contributed by atoms with Gasteiger partial charge in [0.15, 0.2) is 0 Å². The molecule has 8 heteroatoms. The van der Waals surface area contributed by atoms with Crippen LogP contribution in [0.25, 0.3) is 0 Å². The van der Waals surface area contributed by atoms with Gasteiger partial charge >= 0.3 is 0 Å². The van der Waals surface area contributed by atoms with Crippen molar-refractivity contribution >= 4 is 23.6 Å². The average molecular weight is 417 g/mol. The first kappa shape index (κ1) is 21.4. The number of carbonyl (C=O) groups excluding carboxylic acids is 2. The van der Waals surface area contributed by atoms with Crippen molar-refractivity contribution < 1.29 is 14.1 Å². The molecule has 0 radical (unpaired) electrons. The Kier molecular flexibility index (Phi) is 7.71. The Morgan fingerprint density at radius 1 is 1.21 bits per heavy atom. The quantitative estimate of drug-likeness (QED) is 0.667. The van der Waals surface area contributed by atoms with Crippen LogP contribution in [0, 0.1) is 6.92 Å². The Labute approximate surface area is 175 Å². The molecule has 156 valence electrons. The van der Waals surface area contributed by atoms with Crippen LogP contribution in [-0.2, 0) is 10.5 Å². The van der Waals surface area contributed by atoms with Crippen LogP contribution in [0.1, 0.15) is 35.2 Å². The Hall–Kier alpha value is -2.32. The summed E-state index contributed by atoms with van der Waals surface area (Å²) in [7, 11) is 0. The first-order chi connectivity index (χ1) is 14.1. The molecule has 2 heterocycles. The van der Waals surface area contributed by atoms with Crippen LogP contribution >= 0.6 is 11.8 Å². The van der Waals surface area contributed by atoms with Crippen LogP contribution in [0.15, 0.2) is 39.8 Å². The van der Waals surface area contributed by atoms with E-state index in [2.05, 4.69) is 15.4 Å².